The molecule has 0 saturated carbocycles. The van der Waals surface area contributed by atoms with E-state index in [4.69, 9.17) is 30.3 Å². The number of nitrogens with one attached hydrogen (secondary N) is 1. The Kier molecular flexibility index (Phi) is 8.62. The molecule has 1 saturated heterocycles. The first-order valence-electron chi connectivity index (χ1n) is 12.0. The van der Waals surface area contributed by atoms with Crippen LogP contribution in [0.2, 0.25) is 5.02 Å². The van der Waals surface area contributed by atoms with E-state index in [2.05, 4.69) is 20.4 Å². The third-order valence-corrected chi connectivity index (χ3v) is 6.40. The Morgan fingerprint density at radius 2 is 1.97 bits per heavy atom. The fourth-order valence-electron chi connectivity index (χ4n) is 4.23. The summed E-state index contributed by atoms with van der Waals surface area (Å²) in [6, 6.07) is 10.2. The van der Waals surface area contributed by atoms with Crippen molar-refractivity contribution < 1.29 is 28.3 Å². The number of likely N-dealkylation sites (tertiary alicyclic amines) is 1. The SMILES string of the molecule is CCOC(=O)c1cc(NC(=O)C2CCCN(Cc3nc(-c4ccc(OC)c(OC)c4)no3)C2)ccc1Cl. The van der Waals surface area contributed by atoms with Crippen LogP contribution >= 0.6 is 11.6 Å². The van der Waals surface area contributed by atoms with Crippen LogP contribution in [0.5, 0.6) is 11.5 Å². The number of hydrogen-bond acceptors (Lipinski definition) is 9. The molecule has 1 aliphatic rings. The van der Waals surface area contributed by atoms with Gasteiger partial charge < -0.3 is 24.1 Å². The summed E-state index contributed by atoms with van der Waals surface area (Å²) in [6.07, 6.45) is 1.60. The van der Waals surface area contributed by atoms with Crippen molar-refractivity contribution in [1.82, 2.24) is 15.0 Å². The molecule has 1 amide bonds. The van der Waals surface area contributed by atoms with E-state index >= 15 is 0 Å². The quantitative estimate of drug-likeness (QED) is 0.402. The molecule has 2 heterocycles. The summed E-state index contributed by atoms with van der Waals surface area (Å²) in [4.78, 5) is 31.8. The highest BCUT2D eigenvalue weighted by molar-refractivity contribution is 6.33. The van der Waals surface area contributed by atoms with E-state index in [1.807, 2.05) is 6.07 Å². The average molecular weight is 529 g/mol. The Morgan fingerprint density at radius 3 is 2.73 bits per heavy atom. The van der Waals surface area contributed by atoms with Crippen molar-refractivity contribution in [2.45, 2.75) is 26.3 Å². The van der Waals surface area contributed by atoms with E-state index in [1.54, 1.807) is 45.4 Å². The number of hydrogen-bond donors (Lipinski definition) is 1. The monoisotopic (exact) mass is 528 g/mol. The third kappa shape index (κ3) is 6.39. The van der Waals surface area contributed by atoms with Gasteiger partial charge in [-0.1, -0.05) is 16.8 Å². The maximum absolute atomic E-state index is 13.0. The lowest BCUT2D eigenvalue weighted by atomic mass is 9.97. The summed E-state index contributed by atoms with van der Waals surface area (Å²) in [5.41, 5.74) is 1.45. The van der Waals surface area contributed by atoms with Gasteiger partial charge in [0.15, 0.2) is 11.5 Å². The standard InChI is InChI=1S/C26H29ClN4O6/c1-4-36-26(33)19-13-18(8-9-20(19)27)28-25(32)17-6-5-11-31(14-17)15-23-29-24(30-37-23)16-7-10-21(34-2)22(12-16)35-3/h7-10,12-13,17H,4-6,11,14-15H2,1-3H3,(H,28,32). The van der Waals surface area contributed by atoms with Crippen LogP contribution in [0.25, 0.3) is 11.4 Å². The zero-order valence-corrected chi connectivity index (χ0v) is 21.7. The number of carbonyl (C=O) groups is 2. The third-order valence-electron chi connectivity index (χ3n) is 6.07. The summed E-state index contributed by atoms with van der Waals surface area (Å²) < 4.78 is 21.1. The highest BCUT2D eigenvalue weighted by Gasteiger charge is 2.27. The molecule has 1 unspecified atom stereocenters. The van der Waals surface area contributed by atoms with Crippen LogP contribution in [0, 0.1) is 5.92 Å². The topological polar surface area (TPSA) is 116 Å². The molecule has 1 N–H and O–H groups in total. The van der Waals surface area contributed by atoms with Crippen LogP contribution in [0.3, 0.4) is 0 Å². The normalized spacial score (nSPS) is 15.7. The Hall–Kier alpha value is -3.63. The van der Waals surface area contributed by atoms with Gasteiger partial charge in [0.25, 0.3) is 0 Å². The van der Waals surface area contributed by atoms with Gasteiger partial charge in [0.1, 0.15) is 0 Å². The van der Waals surface area contributed by atoms with E-state index in [1.165, 1.54) is 6.07 Å². The average Bonchev–Trinajstić information content (AvgIpc) is 3.38. The van der Waals surface area contributed by atoms with Crippen molar-refractivity contribution in [3.8, 4) is 22.9 Å². The number of ether oxygens (including phenoxy) is 3. The van der Waals surface area contributed by atoms with Gasteiger partial charge in [-0.05, 0) is 62.7 Å². The van der Waals surface area contributed by atoms with E-state index < -0.39 is 5.97 Å². The van der Waals surface area contributed by atoms with Gasteiger partial charge >= 0.3 is 5.97 Å². The summed E-state index contributed by atoms with van der Waals surface area (Å²) in [6.45, 7) is 3.74. The number of methoxy groups -OCH3 is 2. The predicted molar refractivity (Wildman–Crippen MR) is 137 cm³/mol. The van der Waals surface area contributed by atoms with E-state index in [0.717, 1.165) is 24.9 Å². The smallest absolute Gasteiger partial charge is 0.339 e. The van der Waals surface area contributed by atoms with Crippen molar-refractivity contribution in [3.05, 3.63) is 52.9 Å². The van der Waals surface area contributed by atoms with E-state index in [-0.39, 0.29) is 29.0 Å². The largest absolute Gasteiger partial charge is 0.493 e. The molecule has 10 nitrogen and oxygen atoms in total. The van der Waals surface area contributed by atoms with E-state index in [0.29, 0.717) is 42.0 Å². The molecule has 37 heavy (non-hydrogen) atoms. The number of aromatic nitrogens is 2. The van der Waals surface area contributed by atoms with Gasteiger partial charge in [-0.3, -0.25) is 9.69 Å². The number of halogens is 1. The number of amides is 1. The number of rotatable bonds is 9. The lowest BCUT2D eigenvalue weighted by Gasteiger charge is -2.30. The summed E-state index contributed by atoms with van der Waals surface area (Å²) in [7, 11) is 3.14. The minimum absolute atomic E-state index is 0.127. The number of nitrogens with zero attached hydrogens (tertiary/aromatic N) is 3. The predicted octanol–water partition coefficient (Wildman–Crippen LogP) is 4.43. The number of benzene rings is 2. The molecule has 0 aliphatic carbocycles. The van der Waals surface area contributed by atoms with E-state index in [9.17, 15) is 9.59 Å². The molecule has 0 radical (unpaired) electrons. The minimum atomic E-state index is -0.528. The maximum atomic E-state index is 13.0. The van der Waals surface area contributed by atoms with Crippen LogP contribution in [-0.4, -0.2) is 60.8 Å². The lowest BCUT2D eigenvalue weighted by molar-refractivity contribution is -0.121. The molecule has 2 aromatic carbocycles. The van der Waals surface area contributed by atoms with Gasteiger partial charge in [0, 0.05) is 17.8 Å². The van der Waals surface area contributed by atoms with Crippen molar-refractivity contribution >= 4 is 29.2 Å². The second-order valence-electron chi connectivity index (χ2n) is 8.56. The Bertz CT molecular complexity index is 1260. The summed E-state index contributed by atoms with van der Waals surface area (Å²) >= 11 is 6.13. The van der Waals surface area contributed by atoms with Gasteiger partial charge in [-0.25, -0.2) is 4.79 Å². The molecule has 0 bridgehead atoms. The van der Waals surface area contributed by atoms with Crippen molar-refractivity contribution in [3.63, 3.8) is 0 Å². The molecule has 1 atom stereocenters. The first kappa shape index (κ1) is 26.4. The van der Waals surface area contributed by atoms with Gasteiger partial charge in [-0.15, -0.1) is 0 Å². The van der Waals surface area contributed by atoms with Gasteiger partial charge in [0.05, 0.1) is 43.9 Å². The molecule has 11 heteroatoms. The minimum Gasteiger partial charge on any atom is -0.493 e. The molecule has 0 spiro atoms. The second kappa shape index (κ2) is 12.1. The summed E-state index contributed by atoms with van der Waals surface area (Å²) in [5, 5.41) is 7.27. The van der Waals surface area contributed by atoms with Crippen molar-refractivity contribution in [2.75, 3.05) is 39.2 Å². The zero-order valence-electron chi connectivity index (χ0n) is 21.0. The molecule has 4 rings (SSSR count). The molecule has 3 aromatic rings. The highest BCUT2D eigenvalue weighted by Crippen LogP contribution is 2.31. The fraction of sp³-hybridized carbons (Fsp3) is 0.385. The van der Waals surface area contributed by atoms with Crippen molar-refractivity contribution in [2.24, 2.45) is 5.92 Å². The van der Waals surface area contributed by atoms with Gasteiger partial charge in [-0.2, -0.15) is 4.98 Å². The lowest BCUT2D eigenvalue weighted by Crippen LogP contribution is -2.40. The molecule has 196 valence electrons. The highest BCUT2D eigenvalue weighted by atomic mass is 35.5. The van der Waals surface area contributed by atoms with Crippen LogP contribution in [0.1, 0.15) is 36.0 Å². The summed E-state index contributed by atoms with van der Waals surface area (Å²) in [5.74, 6) is 1.21. The molecule has 1 aromatic heterocycles. The Balaban J connectivity index is 1.38. The van der Waals surface area contributed by atoms with Crippen LogP contribution < -0.4 is 14.8 Å². The fourth-order valence-corrected chi connectivity index (χ4v) is 4.42. The Morgan fingerprint density at radius 1 is 1.16 bits per heavy atom. The molecule has 1 aliphatic heterocycles. The van der Waals surface area contributed by atoms with Crippen LogP contribution in [-0.2, 0) is 16.1 Å². The van der Waals surface area contributed by atoms with Gasteiger partial charge in [0.2, 0.25) is 17.6 Å². The first-order chi connectivity index (χ1) is 17.9. The molecule has 1 fully saturated rings. The molecular formula is C26H29ClN4O6. The number of esters is 1. The first-order valence-corrected chi connectivity index (χ1v) is 12.3. The number of carbonyl (C=O) groups excluding carboxylic acids is 2. The van der Waals surface area contributed by atoms with Crippen LogP contribution in [0.4, 0.5) is 5.69 Å². The molecular weight excluding hydrogens is 500 g/mol. The number of anilines is 1. The van der Waals surface area contributed by atoms with Crippen LogP contribution in [0.15, 0.2) is 40.9 Å². The number of piperidine rings is 1. The Labute approximate surface area is 219 Å². The zero-order chi connectivity index (χ0) is 26.4. The second-order valence-corrected chi connectivity index (χ2v) is 8.97. The maximum Gasteiger partial charge on any atom is 0.339 e. The van der Waals surface area contributed by atoms with Crippen molar-refractivity contribution in [1.29, 1.82) is 0 Å².